The van der Waals surface area contributed by atoms with Gasteiger partial charge < -0.3 is 36.6 Å². The number of hydrogen-bond donors (Lipinski definition) is 4. The van der Waals surface area contributed by atoms with E-state index in [1.807, 2.05) is 146 Å². The van der Waals surface area contributed by atoms with Gasteiger partial charge in [0.25, 0.3) is 0 Å². The van der Waals surface area contributed by atoms with Crippen molar-refractivity contribution in [2.24, 2.45) is 0 Å². The van der Waals surface area contributed by atoms with Gasteiger partial charge in [-0.05, 0) is 97.1 Å². The molecule has 8 aromatic rings. The summed E-state index contributed by atoms with van der Waals surface area (Å²) in [6.45, 7) is 0. The minimum absolute atomic E-state index is 0. The molecule has 0 bridgehead atoms. The Hall–Kier alpha value is -7.66. The second-order valence-electron chi connectivity index (χ2n) is 10.4. The maximum atomic E-state index is 8.25. The van der Waals surface area contributed by atoms with Gasteiger partial charge in [0.15, 0.2) is 0 Å². The molecule has 0 saturated heterocycles. The second kappa shape index (κ2) is 27.0. The Kier molecular flexibility index (Phi) is 20.7. The zero-order valence-corrected chi connectivity index (χ0v) is 31.5. The molecule has 0 fully saturated rings. The molecular formula is C40H36AgN13O3. The van der Waals surface area contributed by atoms with Crippen molar-refractivity contribution in [3.8, 4) is 0 Å². The quantitative estimate of drug-likeness (QED) is 0.0639. The van der Waals surface area contributed by atoms with Crippen LogP contribution in [0.2, 0.25) is 0 Å². The third-order valence-corrected chi connectivity index (χ3v) is 6.34. The zero-order valence-electron chi connectivity index (χ0n) is 30.0. The maximum absolute atomic E-state index is 8.25. The Morgan fingerprint density at radius 3 is 0.509 bits per heavy atom. The minimum Gasteiger partial charge on any atom is -0.356 e. The SMILES string of the molecule is O=[N+]([O-])[O-].[Ag+].c1ccc(Nc2ccccn2)nc1.c1ccc(Nc2ccccn2)nc1.c1ccc(Nc2ccccn2)nc1.c1ccc(Nc2ccccn2)nc1. The van der Waals surface area contributed by atoms with Crippen LogP contribution < -0.4 is 21.3 Å². The molecule has 0 radical (unpaired) electrons. The van der Waals surface area contributed by atoms with Crippen LogP contribution in [0.4, 0.5) is 46.5 Å². The molecule has 8 rings (SSSR count). The van der Waals surface area contributed by atoms with E-state index in [1.54, 1.807) is 49.6 Å². The first-order chi connectivity index (χ1) is 27.5. The smallest absolute Gasteiger partial charge is 0.356 e. The summed E-state index contributed by atoms with van der Waals surface area (Å²) >= 11 is 0. The van der Waals surface area contributed by atoms with Crippen LogP contribution >= 0.6 is 0 Å². The molecule has 0 spiro atoms. The third-order valence-electron chi connectivity index (χ3n) is 6.34. The summed E-state index contributed by atoms with van der Waals surface area (Å²) < 4.78 is 0. The number of pyridine rings is 8. The van der Waals surface area contributed by atoms with E-state index >= 15 is 0 Å². The second-order valence-corrected chi connectivity index (χ2v) is 10.4. The fourth-order valence-electron chi connectivity index (χ4n) is 4.02. The first-order valence-electron chi connectivity index (χ1n) is 16.7. The van der Waals surface area contributed by atoms with Gasteiger partial charge in [-0.3, -0.25) is 0 Å². The van der Waals surface area contributed by atoms with Gasteiger partial charge in [-0.2, -0.15) is 0 Å². The van der Waals surface area contributed by atoms with Gasteiger partial charge in [-0.25, -0.2) is 39.9 Å². The van der Waals surface area contributed by atoms with Gasteiger partial charge in [0.1, 0.15) is 46.5 Å². The van der Waals surface area contributed by atoms with Crippen LogP contribution in [0.5, 0.6) is 0 Å². The maximum Gasteiger partial charge on any atom is 1.00 e. The number of anilines is 8. The fourth-order valence-corrected chi connectivity index (χ4v) is 4.02. The molecule has 4 N–H and O–H groups in total. The first kappa shape index (κ1) is 43.7. The predicted molar refractivity (Wildman–Crippen MR) is 217 cm³/mol. The van der Waals surface area contributed by atoms with Crippen LogP contribution in [-0.2, 0) is 22.4 Å². The summed E-state index contributed by atoms with van der Waals surface area (Å²) in [5.41, 5.74) is 0. The fraction of sp³-hybridized carbons (Fsp3) is 0. The summed E-state index contributed by atoms with van der Waals surface area (Å²) in [4.78, 5) is 41.2. The molecule has 0 atom stereocenters. The van der Waals surface area contributed by atoms with Crippen molar-refractivity contribution in [2.75, 3.05) is 21.3 Å². The molecule has 0 aliphatic heterocycles. The van der Waals surface area contributed by atoms with Crippen molar-refractivity contribution >= 4 is 46.5 Å². The number of nitrogens with one attached hydrogen (secondary N) is 4. The van der Waals surface area contributed by atoms with Crippen molar-refractivity contribution in [3.05, 3.63) is 210 Å². The van der Waals surface area contributed by atoms with Crippen LogP contribution in [0.25, 0.3) is 0 Å². The van der Waals surface area contributed by atoms with Crippen LogP contribution in [0, 0.1) is 15.3 Å². The van der Waals surface area contributed by atoms with E-state index in [0.29, 0.717) is 0 Å². The van der Waals surface area contributed by atoms with E-state index in [0.717, 1.165) is 46.5 Å². The van der Waals surface area contributed by atoms with Crippen molar-refractivity contribution < 1.29 is 27.5 Å². The summed E-state index contributed by atoms with van der Waals surface area (Å²) in [6.07, 6.45) is 13.9. The molecule has 16 nitrogen and oxygen atoms in total. The summed E-state index contributed by atoms with van der Waals surface area (Å²) in [5.74, 6) is 6.45. The third kappa shape index (κ3) is 19.8. The van der Waals surface area contributed by atoms with Gasteiger partial charge in [0.2, 0.25) is 0 Å². The Morgan fingerprint density at radius 1 is 0.298 bits per heavy atom. The van der Waals surface area contributed by atoms with E-state index in [-0.39, 0.29) is 22.4 Å². The number of rotatable bonds is 8. The molecular weight excluding hydrogens is 818 g/mol. The summed E-state index contributed by atoms with van der Waals surface area (Å²) in [6, 6.07) is 45.6. The van der Waals surface area contributed by atoms with Gasteiger partial charge in [0, 0.05) is 49.6 Å². The summed E-state index contributed by atoms with van der Waals surface area (Å²) in [7, 11) is 0. The zero-order chi connectivity index (χ0) is 39.3. The Labute approximate surface area is 344 Å². The van der Waals surface area contributed by atoms with Crippen molar-refractivity contribution in [1.82, 2.24) is 39.9 Å². The molecule has 290 valence electrons. The molecule has 0 aromatic carbocycles. The van der Waals surface area contributed by atoms with E-state index in [2.05, 4.69) is 61.1 Å². The van der Waals surface area contributed by atoms with Gasteiger partial charge in [-0.15, -0.1) is 0 Å². The van der Waals surface area contributed by atoms with Gasteiger partial charge in [-0.1, -0.05) is 48.5 Å². The van der Waals surface area contributed by atoms with Gasteiger partial charge >= 0.3 is 22.4 Å². The van der Waals surface area contributed by atoms with Crippen molar-refractivity contribution in [1.29, 1.82) is 0 Å². The topological polar surface area (TPSA) is 217 Å². The molecule has 8 aromatic heterocycles. The van der Waals surface area contributed by atoms with Crippen LogP contribution in [0.1, 0.15) is 0 Å². The monoisotopic (exact) mass is 853 g/mol. The average molecular weight is 855 g/mol. The molecule has 0 saturated carbocycles. The summed E-state index contributed by atoms with van der Waals surface area (Å²) in [5, 5.41) is 27.1. The molecule has 57 heavy (non-hydrogen) atoms. The van der Waals surface area contributed by atoms with Crippen molar-refractivity contribution in [2.45, 2.75) is 0 Å². The first-order valence-corrected chi connectivity index (χ1v) is 16.7. The number of aromatic nitrogens is 8. The normalized spacial score (nSPS) is 9.12. The van der Waals surface area contributed by atoms with E-state index in [9.17, 15) is 0 Å². The Balaban J connectivity index is 0.000000196. The largest absolute Gasteiger partial charge is 1.00 e. The van der Waals surface area contributed by atoms with Gasteiger partial charge in [0.05, 0.1) is 5.09 Å². The van der Waals surface area contributed by atoms with Crippen LogP contribution in [0.15, 0.2) is 195 Å². The van der Waals surface area contributed by atoms with Crippen LogP contribution in [-0.4, -0.2) is 45.0 Å². The Morgan fingerprint density at radius 2 is 0.421 bits per heavy atom. The van der Waals surface area contributed by atoms with E-state index < -0.39 is 5.09 Å². The van der Waals surface area contributed by atoms with E-state index in [1.165, 1.54) is 0 Å². The standard InChI is InChI=1S/4C10H9N3.Ag.NO3/c4*1-3-7-11-9(5-1)13-10-6-2-4-8-12-10;;2-1(3)4/h4*1-8H,(H,11,12,13);;/q;;;;+1;-1. The number of hydrogen-bond acceptors (Lipinski definition) is 15. The molecule has 17 heteroatoms. The molecule has 0 amide bonds. The predicted octanol–water partition coefficient (Wildman–Crippen LogP) is 8.64. The van der Waals surface area contributed by atoms with E-state index in [4.69, 9.17) is 15.3 Å². The minimum atomic E-state index is -1.75. The Bertz CT molecular complexity index is 1710. The molecule has 0 aliphatic carbocycles. The molecule has 0 unspecified atom stereocenters. The molecule has 0 aliphatic rings. The van der Waals surface area contributed by atoms with Crippen molar-refractivity contribution in [3.63, 3.8) is 0 Å². The average Bonchev–Trinajstić information content (AvgIpc) is 3.24. The molecule has 8 heterocycles. The number of nitrogens with zero attached hydrogens (tertiary/aromatic N) is 9. The van der Waals surface area contributed by atoms with Crippen LogP contribution in [0.3, 0.4) is 0 Å².